The van der Waals surface area contributed by atoms with Crippen LogP contribution in [0.4, 0.5) is 79.0 Å². The minimum Gasteiger partial charge on any atom is -0.309 e. The summed E-state index contributed by atoms with van der Waals surface area (Å²) in [6, 6.07) is 34.3. The van der Waals surface area contributed by atoms with Crippen LogP contribution < -0.4 is 0 Å². The van der Waals surface area contributed by atoms with Gasteiger partial charge in [-0.05, 0) is 137 Å². The number of benzene rings is 9. The molecular weight excluding hydrogens is 1120 g/mol. The molecule has 0 atom stereocenters. The lowest BCUT2D eigenvalue weighted by molar-refractivity contribution is -0.144. The van der Waals surface area contributed by atoms with Gasteiger partial charge < -0.3 is 9.13 Å². The number of hydrogen-bond donors (Lipinski definition) is 0. The highest BCUT2D eigenvalue weighted by atomic mass is 19.4. The van der Waals surface area contributed by atoms with Crippen LogP contribution in [0.5, 0.6) is 0 Å². The summed E-state index contributed by atoms with van der Waals surface area (Å²) in [5.74, 6) is 0. The molecule has 0 unspecified atom stereocenters. The second kappa shape index (κ2) is 19.0. The third-order valence-electron chi connectivity index (χ3n) is 14.1. The van der Waals surface area contributed by atoms with Crippen molar-refractivity contribution in [2.75, 3.05) is 0 Å². The van der Waals surface area contributed by atoms with E-state index >= 15 is 0 Å². The molecule has 82 heavy (non-hydrogen) atoms. The van der Waals surface area contributed by atoms with Gasteiger partial charge in [0.1, 0.15) is 0 Å². The van der Waals surface area contributed by atoms with Crippen molar-refractivity contribution in [2.45, 2.75) is 37.1 Å². The van der Waals surface area contributed by atoms with E-state index in [-0.39, 0.29) is 73.9 Å². The van der Waals surface area contributed by atoms with Gasteiger partial charge in [0.2, 0.25) is 0 Å². The van der Waals surface area contributed by atoms with Crippen molar-refractivity contribution in [1.82, 2.24) is 9.13 Å². The monoisotopic (exact) mass is 1150 g/mol. The first kappa shape index (κ1) is 54.8. The van der Waals surface area contributed by atoms with Crippen LogP contribution in [0, 0.1) is 11.3 Å². The van der Waals surface area contributed by atoms with Gasteiger partial charge in [0.25, 0.3) is 0 Å². The highest BCUT2D eigenvalue weighted by molar-refractivity contribution is 6.12. The summed E-state index contributed by atoms with van der Waals surface area (Å²) in [6.07, 6.45) is -31.3. The van der Waals surface area contributed by atoms with Crippen LogP contribution in [0.2, 0.25) is 0 Å². The Hall–Kier alpha value is -9.19. The Labute approximate surface area is 449 Å². The number of hydrogen-bond acceptors (Lipinski definition) is 1. The van der Waals surface area contributed by atoms with Gasteiger partial charge in [-0.2, -0.15) is 84.3 Å². The molecule has 11 rings (SSSR count). The van der Waals surface area contributed by atoms with Gasteiger partial charge in [0.05, 0.1) is 72.8 Å². The summed E-state index contributed by atoms with van der Waals surface area (Å²) >= 11 is 0. The van der Waals surface area contributed by atoms with Crippen molar-refractivity contribution < 1.29 is 79.0 Å². The van der Waals surface area contributed by atoms with Gasteiger partial charge in [-0.25, -0.2) is 0 Å². The minimum absolute atomic E-state index is 0.00853. The Morgan fingerprint density at radius 1 is 0.293 bits per heavy atom. The van der Waals surface area contributed by atoms with Crippen LogP contribution >= 0.6 is 0 Å². The Bertz CT molecular complexity index is 4440. The minimum atomic E-state index is -5.37. The van der Waals surface area contributed by atoms with Crippen LogP contribution in [-0.2, 0) is 37.1 Å². The molecule has 11 aromatic rings. The molecule has 0 aliphatic rings. The third-order valence-corrected chi connectivity index (χ3v) is 14.1. The molecule has 414 valence electrons. The van der Waals surface area contributed by atoms with E-state index in [0.29, 0.717) is 69.1 Å². The van der Waals surface area contributed by atoms with E-state index in [4.69, 9.17) is 0 Å². The summed E-state index contributed by atoms with van der Waals surface area (Å²) in [5.41, 5.74) is -10.6. The van der Waals surface area contributed by atoms with Gasteiger partial charge >= 0.3 is 37.1 Å². The molecule has 0 saturated heterocycles. The Kier molecular flexibility index (Phi) is 12.7. The topological polar surface area (TPSA) is 33.6 Å². The largest absolute Gasteiger partial charge is 0.417 e. The summed E-state index contributed by atoms with van der Waals surface area (Å²) in [4.78, 5) is 0. The molecule has 0 radical (unpaired) electrons. The molecule has 2 heterocycles. The summed E-state index contributed by atoms with van der Waals surface area (Å²) in [6.45, 7) is 0. The first-order valence-electron chi connectivity index (χ1n) is 24.0. The van der Waals surface area contributed by atoms with Crippen molar-refractivity contribution in [3.63, 3.8) is 0 Å². The average Bonchev–Trinajstić information content (AvgIpc) is 2.45. The third kappa shape index (κ3) is 9.58. The quantitative estimate of drug-likeness (QED) is 0.153. The maximum atomic E-state index is 14.9. The predicted octanol–water partition coefficient (Wildman–Crippen LogP) is 20.5. The van der Waals surface area contributed by atoms with Gasteiger partial charge in [-0.15, -0.1) is 0 Å². The first-order chi connectivity index (χ1) is 38.4. The number of para-hydroxylation sites is 2. The van der Waals surface area contributed by atoms with Crippen LogP contribution in [0.1, 0.15) is 38.9 Å². The number of fused-ring (bicyclic) bond motifs is 6. The molecule has 3 nitrogen and oxygen atoms in total. The molecule has 0 spiro atoms. The van der Waals surface area contributed by atoms with Crippen molar-refractivity contribution in [2.24, 2.45) is 0 Å². The standard InChI is InChI=1S/C61H29F18N3/c62-56(63,64)35-13-17-39(48(26-35)59(71,72)73)31-10-20-53-45(23-31)42-5-1-3-7-51(42)81(53)38-16-9-34(30-80)44(29-38)47-25-33(41-19-15-37(58(68,69)70)28-50(41)61(77,78)79)12-22-55(47)82-52-8-4-2-6-43(52)46-24-32(11-21-54(46)82)40-18-14-36(57(65,66)67)27-49(40)60(74,75)76/h1-29H. The molecule has 0 N–H and O–H groups in total. The maximum Gasteiger partial charge on any atom is 0.417 e. The number of rotatable bonds is 6. The Morgan fingerprint density at radius 3 is 1.09 bits per heavy atom. The molecule has 9 aromatic carbocycles. The summed E-state index contributed by atoms with van der Waals surface area (Å²) in [7, 11) is 0. The molecule has 0 amide bonds. The van der Waals surface area contributed by atoms with E-state index in [1.54, 1.807) is 57.7 Å². The van der Waals surface area contributed by atoms with Crippen molar-refractivity contribution in [3.8, 4) is 62.0 Å². The molecule has 0 saturated carbocycles. The van der Waals surface area contributed by atoms with Gasteiger partial charge in [0.15, 0.2) is 0 Å². The highest BCUT2D eigenvalue weighted by Crippen LogP contribution is 2.48. The van der Waals surface area contributed by atoms with Crippen molar-refractivity contribution in [3.05, 3.63) is 215 Å². The fraction of sp³-hybridized carbons (Fsp3) is 0.0984. The zero-order valence-corrected chi connectivity index (χ0v) is 40.9. The zero-order valence-electron chi connectivity index (χ0n) is 40.9. The maximum absolute atomic E-state index is 14.9. The van der Waals surface area contributed by atoms with Gasteiger partial charge in [0, 0.05) is 38.4 Å². The normalized spacial score (nSPS) is 13.0. The second-order valence-corrected chi connectivity index (χ2v) is 19.0. The highest BCUT2D eigenvalue weighted by Gasteiger charge is 2.42. The van der Waals surface area contributed by atoms with E-state index in [0.717, 1.165) is 0 Å². The lowest BCUT2D eigenvalue weighted by atomic mass is 9.91. The van der Waals surface area contributed by atoms with E-state index < -0.39 is 87.1 Å². The molecule has 0 bridgehead atoms. The lowest BCUT2D eigenvalue weighted by Crippen LogP contribution is -2.12. The molecule has 21 heteroatoms. The van der Waals surface area contributed by atoms with Gasteiger partial charge in [-0.1, -0.05) is 72.8 Å². The zero-order chi connectivity index (χ0) is 58.8. The molecular formula is C61H29F18N3. The molecule has 0 aliphatic carbocycles. The van der Waals surface area contributed by atoms with Crippen LogP contribution in [-0.4, -0.2) is 9.13 Å². The Morgan fingerprint density at radius 2 is 0.671 bits per heavy atom. The SMILES string of the molecule is N#Cc1ccc(-n2c3ccccc3c3cc(-c4ccc(C(F)(F)F)cc4C(F)(F)F)ccc32)cc1-c1cc(-c2ccc(C(F)(F)F)cc2C(F)(F)F)ccc1-n1c2ccccc2c2cc(-c3ccc(C(F)(F)F)cc3C(F)(F)F)ccc21. The smallest absolute Gasteiger partial charge is 0.309 e. The van der Waals surface area contributed by atoms with E-state index in [9.17, 15) is 84.3 Å². The number of nitrogens with zero attached hydrogens (tertiary/aromatic N) is 3. The van der Waals surface area contributed by atoms with Crippen LogP contribution in [0.25, 0.3) is 99.5 Å². The molecule has 0 aliphatic heterocycles. The van der Waals surface area contributed by atoms with Crippen LogP contribution in [0.3, 0.4) is 0 Å². The number of nitriles is 1. The van der Waals surface area contributed by atoms with Crippen LogP contribution in [0.15, 0.2) is 176 Å². The van der Waals surface area contributed by atoms with Crippen molar-refractivity contribution >= 4 is 43.6 Å². The fourth-order valence-corrected chi connectivity index (χ4v) is 10.5. The van der Waals surface area contributed by atoms with Crippen molar-refractivity contribution in [1.29, 1.82) is 5.26 Å². The summed E-state index contributed by atoms with van der Waals surface area (Å²) < 4.78 is 259. The summed E-state index contributed by atoms with van der Waals surface area (Å²) in [5, 5.41) is 12.1. The predicted molar refractivity (Wildman–Crippen MR) is 272 cm³/mol. The molecule has 2 aromatic heterocycles. The Balaban J connectivity index is 1.17. The number of alkyl halides is 18. The second-order valence-electron chi connectivity index (χ2n) is 19.0. The lowest BCUT2D eigenvalue weighted by Gasteiger charge is -2.20. The van der Waals surface area contributed by atoms with E-state index in [1.807, 2.05) is 0 Å². The number of halogens is 18. The fourth-order valence-electron chi connectivity index (χ4n) is 10.5. The molecule has 0 fully saturated rings. The van der Waals surface area contributed by atoms with Gasteiger partial charge in [-0.3, -0.25) is 0 Å². The first-order valence-corrected chi connectivity index (χ1v) is 24.0. The number of aromatic nitrogens is 2. The van der Waals surface area contributed by atoms with E-state index in [2.05, 4.69) is 6.07 Å². The van der Waals surface area contributed by atoms with E-state index in [1.165, 1.54) is 72.8 Å². The average molecular weight is 1150 g/mol.